The molecule has 0 aromatic rings. The van der Waals surface area contributed by atoms with E-state index in [2.05, 4.69) is 9.80 Å². The van der Waals surface area contributed by atoms with Crippen molar-refractivity contribution in [3.8, 4) is 0 Å². The number of nitrogens with zero attached hydrogens (tertiary/aromatic N) is 2. The highest BCUT2D eigenvalue weighted by Crippen LogP contribution is 2.26. The molecule has 3 rings (SSSR count). The van der Waals surface area contributed by atoms with Crippen LogP contribution in [0.3, 0.4) is 0 Å². The second-order valence-corrected chi connectivity index (χ2v) is 7.98. The number of halogens is 2. The van der Waals surface area contributed by atoms with Crippen LogP contribution < -0.4 is 0 Å². The summed E-state index contributed by atoms with van der Waals surface area (Å²) in [6, 6.07) is 0. The summed E-state index contributed by atoms with van der Waals surface area (Å²) in [4.78, 5) is 28.5. The predicted molar refractivity (Wildman–Crippen MR) is 113 cm³/mol. The standard InChI is InChI=1S/C20H34N2O4.2ClH/c23-19(17-5-1-2-6-17)25-15-13-21-9-11-22(12-10-21)14-16-26-20(24)18-7-3-4-8-18;;/h17-18H,1-16H2;2*1H. The van der Waals surface area contributed by atoms with E-state index < -0.39 is 0 Å². The molecule has 3 aliphatic rings. The highest BCUT2D eigenvalue weighted by molar-refractivity contribution is 5.85. The van der Waals surface area contributed by atoms with Crippen molar-refractivity contribution >= 4 is 36.8 Å². The molecule has 0 aromatic carbocycles. The predicted octanol–water partition coefficient (Wildman–Crippen LogP) is 2.91. The Hall–Kier alpha value is -0.560. The van der Waals surface area contributed by atoms with Crippen molar-refractivity contribution in [2.24, 2.45) is 11.8 Å². The minimum atomic E-state index is 0. The Labute approximate surface area is 181 Å². The van der Waals surface area contributed by atoms with Crippen LogP contribution in [0.25, 0.3) is 0 Å². The Balaban J connectivity index is 0.00000196. The fourth-order valence-electron chi connectivity index (χ4n) is 4.35. The third-order valence-corrected chi connectivity index (χ3v) is 6.15. The van der Waals surface area contributed by atoms with Crippen molar-refractivity contribution in [2.45, 2.75) is 51.4 Å². The second kappa shape index (κ2) is 13.6. The Morgan fingerprint density at radius 2 is 0.964 bits per heavy atom. The van der Waals surface area contributed by atoms with Crippen LogP contribution >= 0.6 is 24.8 Å². The summed E-state index contributed by atoms with van der Waals surface area (Å²) in [7, 11) is 0. The van der Waals surface area contributed by atoms with Gasteiger partial charge in [-0.05, 0) is 25.7 Å². The summed E-state index contributed by atoms with van der Waals surface area (Å²) in [5.74, 6) is 0.313. The summed E-state index contributed by atoms with van der Waals surface area (Å²) >= 11 is 0. The maximum Gasteiger partial charge on any atom is 0.308 e. The molecular formula is C20H36Cl2N2O4. The number of hydrogen-bond acceptors (Lipinski definition) is 6. The van der Waals surface area contributed by atoms with Gasteiger partial charge in [-0.25, -0.2) is 0 Å². The summed E-state index contributed by atoms with van der Waals surface area (Å²) in [5, 5.41) is 0. The number of piperazine rings is 1. The quantitative estimate of drug-likeness (QED) is 0.542. The number of carbonyl (C=O) groups excluding carboxylic acids is 2. The molecule has 0 spiro atoms. The van der Waals surface area contributed by atoms with Crippen molar-refractivity contribution in [1.29, 1.82) is 0 Å². The first kappa shape index (κ1) is 25.5. The molecule has 164 valence electrons. The van der Waals surface area contributed by atoms with Crippen LogP contribution in [0.2, 0.25) is 0 Å². The van der Waals surface area contributed by atoms with E-state index >= 15 is 0 Å². The number of rotatable bonds is 8. The average Bonchev–Trinajstić information content (AvgIpc) is 3.37. The highest BCUT2D eigenvalue weighted by Gasteiger charge is 2.25. The molecule has 1 aliphatic heterocycles. The number of esters is 2. The lowest BCUT2D eigenvalue weighted by Gasteiger charge is -2.34. The normalized spacial score (nSPS) is 21.7. The molecular weight excluding hydrogens is 403 g/mol. The molecule has 0 N–H and O–H groups in total. The van der Waals surface area contributed by atoms with Gasteiger partial charge in [0.2, 0.25) is 0 Å². The van der Waals surface area contributed by atoms with Crippen LogP contribution in [-0.2, 0) is 19.1 Å². The highest BCUT2D eigenvalue weighted by atomic mass is 35.5. The minimum Gasteiger partial charge on any atom is -0.464 e. The Morgan fingerprint density at radius 1 is 0.643 bits per heavy atom. The van der Waals surface area contributed by atoms with E-state index in [1.807, 2.05) is 0 Å². The van der Waals surface area contributed by atoms with Gasteiger partial charge in [-0.1, -0.05) is 25.7 Å². The molecule has 1 saturated heterocycles. The summed E-state index contributed by atoms with van der Waals surface area (Å²) in [5.41, 5.74) is 0. The molecule has 0 amide bonds. The fourth-order valence-corrected chi connectivity index (χ4v) is 4.35. The van der Waals surface area contributed by atoms with Crippen LogP contribution in [0.5, 0.6) is 0 Å². The van der Waals surface area contributed by atoms with Crippen LogP contribution in [0.1, 0.15) is 51.4 Å². The lowest BCUT2D eigenvalue weighted by atomic mass is 10.1. The van der Waals surface area contributed by atoms with Gasteiger partial charge in [0, 0.05) is 39.3 Å². The Morgan fingerprint density at radius 3 is 1.29 bits per heavy atom. The summed E-state index contributed by atoms with van der Waals surface area (Å²) < 4.78 is 10.9. The lowest BCUT2D eigenvalue weighted by Crippen LogP contribution is -2.48. The largest absolute Gasteiger partial charge is 0.464 e. The van der Waals surface area contributed by atoms with Gasteiger partial charge >= 0.3 is 11.9 Å². The van der Waals surface area contributed by atoms with Gasteiger partial charge in [-0.15, -0.1) is 24.8 Å². The van der Waals surface area contributed by atoms with Crippen molar-refractivity contribution in [3.63, 3.8) is 0 Å². The lowest BCUT2D eigenvalue weighted by molar-refractivity contribution is -0.150. The molecule has 3 fully saturated rings. The van der Waals surface area contributed by atoms with Gasteiger partial charge in [-0.2, -0.15) is 0 Å². The first-order chi connectivity index (χ1) is 12.7. The minimum absolute atomic E-state index is 0. The first-order valence-electron chi connectivity index (χ1n) is 10.5. The van der Waals surface area contributed by atoms with E-state index in [9.17, 15) is 9.59 Å². The molecule has 2 aliphatic carbocycles. The molecule has 6 nitrogen and oxygen atoms in total. The van der Waals surface area contributed by atoms with E-state index in [0.717, 1.165) is 90.6 Å². The fraction of sp³-hybridized carbons (Fsp3) is 0.900. The van der Waals surface area contributed by atoms with Crippen molar-refractivity contribution < 1.29 is 19.1 Å². The summed E-state index contributed by atoms with van der Waals surface area (Å²) in [6.07, 6.45) is 8.67. The maximum absolute atomic E-state index is 11.9. The van der Waals surface area contributed by atoms with Gasteiger partial charge in [0.15, 0.2) is 0 Å². The number of hydrogen-bond donors (Lipinski definition) is 0. The van der Waals surface area contributed by atoms with Crippen LogP contribution in [0.4, 0.5) is 0 Å². The van der Waals surface area contributed by atoms with Gasteiger partial charge in [0.1, 0.15) is 13.2 Å². The molecule has 0 radical (unpaired) electrons. The van der Waals surface area contributed by atoms with Gasteiger partial charge in [0.05, 0.1) is 11.8 Å². The SMILES string of the molecule is Cl.Cl.O=C(OCCN1CCN(CCOC(=O)C2CCCC2)CC1)C1CCCC1. The first-order valence-corrected chi connectivity index (χ1v) is 10.5. The molecule has 0 bridgehead atoms. The van der Waals surface area contributed by atoms with Crippen LogP contribution in [0, 0.1) is 11.8 Å². The zero-order valence-corrected chi connectivity index (χ0v) is 18.4. The zero-order valence-electron chi connectivity index (χ0n) is 16.8. The molecule has 1 heterocycles. The van der Waals surface area contributed by atoms with Gasteiger partial charge < -0.3 is 9.47 Å². The van der Waals surface area contributed by atoms with Crippen molar-refractivity contribution in [1.82, 2.24) is 9.80 Å². The zero-order chi connectivity index (χ0) is 18.2. The molecule has 2 saturated carbocycles. The Kier molecular flexibility index (Phi) is 12.4. The molecule has 0 aromatic heterocycles. The monoisotopic (exact) mass is 438 g/mol. The van der Waals surface area contributed by atoms with E-state index in [1.165, 1.54) is 0 Å². The smallest absolute Gasteiger partial charge is 0.308 e. The molecule has 28 heavy (non-hydrogen) atoms. The topological polar surface area (TPSA) is 59.1 Å². The van der Waals surface area contributed by atoms with Gasteiger partial charge in [0.25, 0.3) is 0 Å². The van der Waals surface area contributed by atoms with Crippen molar-refractivity contribution in [2.75, 3.05) is 52.5 Å². The molecule has 0 atom stereocenters. The van der Waals surface area contributed by atoms with E-state index in [-0.39, 0.29) is 48.6 Å². The van der Waals surface area contributed by atoms with E-state index in [4.69, 9.17) is 9.47 Å². The van der Waals surface area contributed by atoms with E-state index in [1.54, 1.807) is 0 Å². The molecule has 8 heteroatoms. The number of ether oxygens (including phenoxy) is 2. The second-order valence-electron chi connectivity index (χ2n) is 7.98. The maximum atomic E-state index is 11.9. The Bertz CT molecular complexity index is 419. The van der Waals surface area contributed by atoms with Crippen molar-refractivity contribution in [3.05, 3.63) is 0 Å². The average molecular weight is 439 g/mol. The number of carbonyl (C=O) groups is 2. The molecule has 0 unspecified atom stereocenters. The van der Waals surface area contributed by atoms with E-state index in [0.29, 0.717) is 13.2 Å². The summed E-state index contributed by atoms with van der Waals surface area (Å²) in [6.45, 7) is 6.60. The van der Waals surface area contributed by atoms with Gasteiger partial charge in [-0.3, -0.25) is 19.4 Å². The van der Waals surface area contributed by atoms with Crippen LogP contribution in [-0.4, -0.2) is 74.2 Å². The third kappa shape index (κ3) is 8.05. The van der Waals surface area contributed by atoms with Crippen LogP contribution in [0.15, 0.2) is 0 Å². The third-order valence-electron chi connectivity index (χ3n) is 6.15.